The van der Waals surface area contributed by atoms with Gasteiger partial charge < -0.3 is 18.1 Å². The second-order valence-electron chi connectivity index (χ2n) is 10.7. The Morgan fingerprint density at radius 2 is 2.00 bits per heavy atom. The van der Waals surface area contributed by atoms with Gasteiger partial charge in [0, 0.05) is 0 Å². The Labute approximate surface area is 199 Å². The van der Waals surface area contributed by atoms with Crippen molar-refractivity contribution < 1.29 is 17.0 Å². The predicted molar refractivity (Wildman–Crippen MR) is 127 cm³/mol. The topological polar surface area (TPSA) is 60.6 Å². The van der Waals surface area contributed by atoms with Gasteiger partial charge in [-0.3, -0.25) is 4.57 Å². The van der Waals surface area contributed by atoms with Crippen molar-refractivity contribution in [3.63, 3.8) is 0 Å². The van der Waals surface area contributed by atoms with Gasteiger partial charge in [0.1, 0.15) is 0 Å². The van der Waals surface area contributed by atoms with Gasteiger partial charge in [-0.25, -0.2) is 4.57 Å². The fraction of sp³-hybridized carbons (Fsp3) is 0.654. The molecule has 2 aliphatic rings. The number of nitrogen functional groups attached to an aromatic ring is 1. The molecule has 0 aromatic carbocycles. The zero-order chi connectivity index (χ0) is 22.4. The predicted octanol–water partition coefficient (Wildman–Crippen LogP) is 2.37. The molecule has 2 heterocycles. The van der Waals surface area contributed by atoms with Crippen LogP contribution in [-0.2, 0) is 13.6 Å². The maximum Gasteiger partial charge on any atom is 0.307 e. The lowest BCUT2D eigenvalue weighted by Gasteiger charge is -2.56. The minimum atomic E-state index is 0. The molecule has 2 aromatic heterocycles. The number of anilines is 1. The molecule has 32 heavy (non-hydrogen) atoms. The van der Waals surface area contributed by atoms with Gasteiger partial charge >= 0.3 is 5.65 Å². The van der Waals surface area contributed by atoms with Crippen LogP contribution in [0.4, 0.5) is 5.82 Å². The molecule has 2 aliphatic carbocycles. The minimum Gasteiger partial charge on any atom is -1.00 e. The van der Waals surface area contributed by atoms with E-state index in [0.29, 0.717) is 16.6 Å². The molecule has 0 unspecified atom stereocenters. The summed E-state index contributed by atoms with van der Waals surface area (Å²) in [7, 11) is 2.00. The minimum absolute atomic E-state index is 0. The summed E-state index contributed by atoms with van der Waals surface area (Å²) in [5.74, 6) is 2.08. The number of nitrogens with zero attached hydrogens (tertiary/aromatic N) is 4. The van der Waals surface area contributed by atoms with Crippen molar-refractivity contribution in [2.45, 2.75) is 79.7 Å². The molecule has 0 aliphatic heterocycles. The lowest BCUT2D eigenvalue weighted by molar-refractivity contribution is -0.647. The molecular weight excluding hydrogens is 418 g/mol. The van der Waals surface area contributed by atoms with Crippen molar-refractivity contribution >= 4 is 17.0 Å². The molecule has 4 atom stereocenters. The summed E-state index contributed by atoms with van der Waals surface area (Å²) in [6.07, 6.45) is 16.2. The maximum atomic E-state index is 6.14. The maximum absolute atomic E-state index is 6.14. The van der Waals surface area contributed by atoms with E-state index in [2.05, 4.69) is 67.6 Å². The summed E-state index contributed by atoms with van der Waals surface area (Å²) in [5.41, 5.74) is 11.8. The molecule has 4 rings (SSSR count). The molecule has 0 spiro atoms. The Balaban J connectivity index is 0.00000289. The summed E-state index contributed by atoms with van der Waals surface area (Å²) in [5, 5.41) is 0. The molecule has 176 valence electrons. The Kier molecular flexibility index (Phi) is 7.09. The molecule has 0 saturated heterocycles. The number of aromatic nitrogens is 4. The number of allylic oxidation sites excluding steroid dienone is 4. The highest BCUT2D eigenvalue weighted by atomic mass is 35.5. The van der Waals surface area contributed by atoms with Crippen molar-refractivity contribution in [2.75, 3.05) is 5.73 Å². The van der Waals surface area contributed by atoms with E-state index in [1.165, 1.54) is 44.0 Å². The SMILES string of the molecule is C/C(=C\Cn1c[n+](C)c2ncnc(N)c21)CC[C@]1(C)C2=CCC[C@@H](C)[C@]2(C)CC[C@H]1C.[Cl-]. The van der Waals surface area contributed by atoms with Crippen LogP contribution in [-0.4, -0.2) is 14.5 Å². The van der Waals surface area contributed by atoms with Gasteiger partial charge in [-0.05, 0) is 68.1 Å². The van der Waals surface area contributed by atoms with E-state index in [1.54, 1.807) is 5.57 Å². The quantitative estimate of drug-likeness (QED) is 0.553. The summed E-state index contributed by atoms with van der Waals surface area (Å²) in [4.78, 5) is 8.56. The van der Waals surface area contributed by atoms with Gasteiger partial charge in [0.25, 0.3) is 0 Å². The first-order chi connectivity index (χ1) is 14.7. The normalized spacial score (nSPS) is 30.6. The van der Waals surface area contributed by atoms with Gasteiger partial charge in [0.15, 0.2) is 18.5 Å². The van der Waals surface area contributed by atoms with Crippen LogP contribution in [0.15, 0.2) is 36.0 Å². The lowest BCUT2D eigenvalue weighted by atomic mass is 9.49. The third-order valence-electron chi connectivity index (χ3n) is 8.89. The summed E-state index contributed by atoms with van der Waals surface area (Å²) >= 11 is 0. The van der Waals surface area contributed by atoms with E-state index in [4.69, 9.17) is 5.73 Å². The average molecular weight is 458 g/mol. The highest BCUT2D eigenvalue weighted by Crippen LogP contribution is 2.61. The van der Waals surface area contributed by atoms with Gasteiger partial charge in [-0.1, -0.05) is 56.0 Å². The van der Waals surface area contributed by atoms with Crippen LogP contribution in [0, 0.1) is 22.7 Å². The van der Waals surface area contributed by atoms with Crippen molar-refractivity contribution in [3.05, 3.63) is 36.0 Å². The molecule has 1 saturated carbocycles. The van der Waals surface area contributed by atoms with Crippen LogP contribution in [0.1, 0.15) is 73.1 Å². The van der Waals surface area contributed by atoms with Crippen molar-refractivity contribution in [3.8, 4) is 0 Å². The van der Waals surface area contributed by atoms with Gasteiger partial charge in [0.2, 0.25) is 5.52 Å². The molecule has 0 amide bonds. The van der Waals surface area contributed by atoms with Crippen molar-refractivity contribution in [1.29, 1.82) is 0 Å². The molecule has 2 aromatic rings. The third kappa shape index (κ3) is 4.09. The number of imidazole rings is 1. The first-order valence-electron chi connectivity index (χ1n) is 12.0. The molecule has 2 N–H and O–H groups in total. The number of nitrogens with two attached hydrogens (primary N) is 1. The van der Waals surface area contributed by atoms with E-state index in [-0.39, 0.29) is 12.4 Å². The summed E-state index contributed by atoms with van der Waals surface area (Å²) in [6, 6.07) is 0. The van der Waals surface area contributed by atoms with Gasteiger partial charge in [-0.15, -0.1) is 0 Å². The molecule has 0 bridgehead atoms. The Morgan fingerprint density at radius 3 is 2.75 bits per heavy atom. The fourth-order valence-corrected chi connectivity index (χ4v) is 6.23. The first-order valence-corrected chi connectivity index (χ1v) is 12.0. The number of hydrogen-bond acceptors (Lipinski definition) is 3. The van der Waals surface area contributed by atoms with Gasteiger partial charge in [-0.2, -0.15) is 4.98 Å². The van der Waals surface area contributed by atoms with Crippen molar-refractivity contribution in [1.82, 2.24) is 14.5 Å². The lowest BCUT2D eigenvalue weighted by Crippen LogP contribution is -3.00. The van der Waals surface area contributed by atoms with E-state index in [1.807, 2.05) is 11.6 Å². The monoisotopic (exact) mass is 457 g/mol. The van der Waals surface area contributed by atoms with Crippen molar-refractivity contribution in [2.24, 2.45) is 29.7 Å². The van der Waals surface area contributed by atoms with Crippen LogP contribution in [0.2, 0.25) is 0 Å². The van der Waals surface area contributed by atoms with E-state index in [9.17, 15) is 0 Å². The molecular formula is C26H40ClN5. The fourth-order valence-electron chi connectivity index (χ4n) is 6.23. The standard InChI is InChI=1S/C26H40N5.ClH/c1-18(12-15-31-17-30(6)24-22(31)23(27)28-16-29-24)10-13-25(4)20(3)11-14-26(5)19(2)8-7-9-21(25)26;/h9,12,16-17,19-20H,7-8,10-11,13-15H2,1-6H3,(H2,27,28,29);1H/q+1;/p-1/b18-12+;/t19-,20-,25+,26+;/m1./s1. The Morgan fingerprint density at radius 1 is 1.25 bits per heavy atom. The van der Waals surface area contributed by atoms with E-state index >= 15 is 0 Å². The number of fused-ring (bicyclic) bond motifs is 2. The first kappa shape index (κ1) is 24.8. The highest BCUT2D eigenvalue weighted by Gasteiger charge is 2.50. The van der Waals surface area contributed by atoms with Crippen LogP contribution < -0.4 is 22.7 Å². The van der Waals surface area contributed by atoms with E-state index < -0.39 is 0 Å². The number of aryl methyl sites for hydroxylation is 1. The Hall–Kier alpha value is -1.88. The molecule has 0 radical (unpaired) electrons. The number of rotatable bonds is 5. The number of halogens is 1. The highest BCUT2D eigenvalue weighted by molar-refractivity contribution is 5.79. The smallest absolute Gasteiger partial charge is 0.307 e. The number of hydrogen-bond donors (Lipinski definition) is 1. The summed E-state index contributed by atoms with van der Waals surface area (Å²) in [6.45, 7) is 13.1. The Bertz CT molecular complexity index is 1040. The van der Waals surface area contributed by atoms with Crippen LogP contribution in [0.5, 0.6) is 0 Å². The molecule has 6 heteroatoms. The third-order valence-corrected chi connectivity index (χ3v) is 8.89. The summed E-state index contributed by atoms with van der Waals surface area (Å²) < 4.78 is 4.17. The van der Waals surface area contributed by atoms with Crippen LogP contribution >= 0.6 is 0 Å². The largest absolute Gasteiger partial charge is 1.00 e. The van der Waals surface area contributed by atoms with Crippen LogP contribution in [0.3, 0.4) is 0 Å². The molecule has 5 nitrogen and oxygen atoms in total. The van der Waals surface area contributed by atoms with Crippen LogP contribution in [0.25, 0.3) is 11.2 Å². The zero-order valence-electron chi connectivity index (χ0n) is 20.7. The average Bonchev–Trinajstić information content (AvgIpc) is 3.07. The zero-order valence-corrected chi connectivity index (χ0v) is 21.4. The second-order valence-corrected chi connectivity index (χ2v) is 10.7. The second kappa shape index (κ2) is 9.17. The molecule has 1 fully saturated rings. The van der Waals surface area contributed by atoms with E-state index in [0.717, 1.165) is 36.0 Å². The van der Waals surface area contributed by atoms with Gasteiger partial charge in [0.05, 0.1) is 13.6 Å².